The smallest absolute Gasteiger partial charge is 0.243 e. The van der Waals surface area contributed by atoms with E-state index in [0.717, 1.165) is 37.7 Å². The summed E-state index contributed by atoms with van der Waals surface area (Å²) < 4.78 is 27.4. The zero-order chi connectivity index (χ0) is 18.6. The van der Waals surface area contributed by atoms with E-state index in [1.54, 1.807) is 6.07 Å². The molecule has 1 aliphatic carbocycles. The van der Waals surface area contributed by atoms with Crippen LogP contribution in [0.25, 0.3) is 0 Å². The summed E-state index contributed by atoms with van der Waals surface area (Å²) in [6.07, 6.45) is 6.04. The van der Waals surface area contributed by atoms with Gasteiger partial charge in [-0.05, 0) is 74.8 Å². The molecule has 1 saturated heterocycles. The van der Waals surface area contributed by atoms with Crippen LogP contribution in [0.4, 0.5) is 0 Å². The van der Waals surface area contributed by atoms with Crippen LogP contribution in [0.5, 0.6) is 0 Å². The Hall–Kier alpha value is -1.15. The molecular formula is C19H30ClN3O3S. The van der Waals surface area contributed by atoms with Gasteiger partial charge in [-0.1, -0.05) is 6.07 Å². The number of amides is 1. The van der Waals surface area contributed by atoms with Gasteiger partial charge in [0.1, 0.15) is 0 Å². The van der Waals surface area contributed by atoms with E-state index in [1.165, 1.54) is 9.87 Å². The Morgan fingerprint density at radius 1 is 1.15 bits per heavy atom. The number of nitrogens with zero attached hydrogens (tertiary/aromatic N) is 1. The Morgan fingerprint density at radius 2 is 1.85 bits per heavy atom. The summed E-state index contributed by atoms with van der Waals surface area (Å²) >= 11 is 0. The van der Waals surface area contributed by atoms with Gasteiger partial charge in [-0.15, -0.1) is 12.4 Å². The van der Waals surface area contributed by atoms with Crippen LogP contribution in [0.3, 0.4) is 0 Å². The van der Waals surface area contributed by atoms with Gasteiger partial charge in [0.2, 0.25) is 15.9 Å². The SMILES string of the molecule is Cl.NCCCCNC(=O)C1CCN(S(=O)(=O)c2ccc3c(c2)CCC3)CC1. The van der Waals surface area contributed by atoms with Gasteiger partial charge < -0.3 is 11.1 Å². The number of rotatable bonds is 7. The van der Waals surface area contributed by atoms with Gasteiger partial charge in [-0.3, -0.25) is 4.79 Å². The fourth-order valence-electron chi connectivity index (χ4n) is 3.84. The van der Waals surface area contributed by atoms with Gasteiger partial charge in [-0.25, -0.2) is 8.42 Å². The number of unbranched alkanes of at least 4 members (excludes halogenated alkanes) is 1. The molecule has 3 N–H and O–H groups in total. The first-order valence-corrected chi connectivity index (χ1v) is 11.1. The first kappa shape index (κ1) is 22.1. The van der Waals surface area contributed by atoms with Gasteiger partial charge >= 0.3 is 0 Å². The number of sulfonamides is 1. The highest BCUT2D eigenvalue weighted by atomic mass is 35.5. The van der Waals surface area contributed by atoms with E-state index < -0.39 is 10.0 Å². The van der Waals surface area contributed by atoms with Gasteiger partial charge in [0, 0.05) is 25.6 Å². The van der Waals surface area contributed by atoms with Gasteiger partial charge in [-0.2, -0.15) is 4.31 Å². The minimum Gasteiger partial charge on any atom is -0.356 e. The average Bonchev–Trinajstić information content (AvgIpc) is 3.13. The standard InChI is InChI=1S/C19H29N3O3S.ClH/c20-10-1-2-11-21-19(23)16-8-12-22(13-9-16)26(24,25)18-7-6-15-4-3-5-17(15)14-18;/h6-7,14,16H,1-5,8-13,20H2,(H,21,23);1H. The highest BCUT2D eigenvalue weighted by Crippen LogP contribution is 2.28. The van der Waals surface area contributed by atoms with Gasteiger partial charge in [0.15, 0.2) is 0 Å². The summed E-state index contributed by atoms with van der Waals surface area (Å²) in [4.78, 5) is 12.6. The maximum atomic E-state index is 12.9. The number of hydrogen-bond acceptors (Lipinski definition) is 4. The molecule has 0 atom stereocenters. The number of hydrogen-bond donors (Lipinski definition) is 2. The highest BCUT2D eigenvalue weighted by Gasteiger charge is 2.32. The molecule has 0 aromatic heterocycles. The number of carbonyl (C=O) groups is 1. The number of carbonyl (C=O) groups excluding carboxylic acids is 1. The number of benzene rings is 1. The van der Waals surface area contributed by atoms with Crippen molar-refractivity contribution in [2.75, 3.05) is 26.2 Å². The van der Waals surface area contributed by atoms with Crippen LogP contribution in [0.2, 0.25) is 0 Å². The Morgan fingerprint density at radius 3 is 2.56 bits per heavy atom. The maximum absolute atomic E-state index is 12.9. The molecule has 0 bridgehead atoms. The maximum Gasteiger partial charge on any atom is 0.243 e. The van der Waals surface area contributed by atoms with Crippen molar-refractivity contribution in [2.24, 2.45) is 11.7 Å². The lowest BCUT2D eigenvalue weighted by Gasteiger charge is -2.30. The monoisotopic (exact) mass is 415 g/mol. The van der Waals surface area contributed by atoms with Crippen molar-refractivity contribution in [2.45, 2.75) is 49.8 Å². The van der Waals surface area contributed by atoms with Crippen molar-refractivity contribution >= 4 is 28.3 Å². The second-order valence-corrected chi connectivity index (χ2v) is 9.19. The predicted octanol–water partition coefficient (Wildman–Crippen LogP) is 1.85. The summed E-state index contributed by atoms with van der Waals surface area (Å²) in [6.45, 7) is 2.08. The molecule has 6 nitrogen and oxygen atoms in total. The average molecular weight is 416 g/mol. The summed E-state index contributed by atoms with van der Waals surface area (Å²) in [7, 11) is -3.47. The summed E-state index contributed by atoms with van der Waals surface area (Å²) in [6, 6.07) is 5.53. The molecule has 0 spiro atoms. The molecule has 1 aliphatic heterocycles. The van der Waals surface area contributed by atoms with Crippen LogP contribution < -0.4 is 11.1 Å². The van der Waals surface area contributed by atoms with Crippen LogP contribution in [0, 0.1) is 5.92 Å². The Labute approximate surface area is 168 Å². The lowest BCUT2D eigenvalue weighted by molar-refractivity contribution is -0.126. The topological polar surface area (TPSA) is 92.5 Å². The Balaban J connectivity index is 0.00000261. The van der Waals surface area contributed by atoms with E-state index in [9.17, 15) is 13.2 Å². The zero-order valence-corrected chi connectivity index (χ0v) is 17.3. The molecule has 0 unspecified atom stereocenters. The van der Waals surface area contributed by atoms with Crippen molar-refractivity contribution in [1.29, 1.82) is 0 Å². The molecule has 152 valence electrons. The first-order valence-electron chi connectivity index (χ1n) is 9.62. The molecule has 1 fully saturated rings. The number of halogens is 1. The lowest BCUT2D eigenvalue weighted by Crippen LogP contribution is -2.43. The summed E-state index contributed by atoms with van der Waals surface area (Å²) in [5, 5.41) is 2.94. The van der Waals surface area contributed by atoms with Crippen molar-refractivity contribution < 1.29 is 13.2 Å². The second kappa shape index (κ2) is 9.87. The van der Waals surface area contributed by atoms with E-state index in [0.29, 0.717) is 43.9 Å². The van der Waals surface area contributed by atoms with Crippen molar-refractivity contribution in [3.05, 3.63) is 29.3 Å². The molecule has 2 aliphatic rings. The molecular weight excluding hydrogens is 386 g/mol. The summed E-state index contributed by atoms with van der Waals surface area (Å²) in [5.41, 5.74) is 7.88. The Kier molecular flexibility index (Phi) is 8.09. The minimum atomic E-state index is -3.47. The fourth-order valence-corrected chi connectivity index (χ4v) is 5.36. The largest absolute Gasteiger partial charge is 0.356 e. The number of nitrogens with one attached hydrogen (secondary N) is 1. The van der Waals surface area contributed by atoms with Gasteiger partial charge in [0.25, 0.3) is 0 Å². The highest BCUT2D eigenvalue weighted by molar-refractivity contribution is 7.89. The van der Waals surface area contributed by atoms with Crippen LogP contribution in [-0.2, 0) is 27.7 Å². The molecule has 1 aromatic rings. The molecule has 1 amide bonds. The number of aryl methyl sites for hydroxylation is 2. The molecule has 27 heavy (non-hydrogen) atoms. The third kappa shape index (κ3) is 5.22. The van der Waals surface area contributed by atoms with E-state index in [4.69, 9.17) is 5.73 Å². The number of nitrogens with two attached hydrogens (primary N) is 1. The molecule has 0 saturated carbocycles. The Bertz CT molecular complexity index is 747. The second-order valence-electron chi connectivity index (χ2n) is 7.25. The molecule has 3 rings (SSSR count). The fraction of sp³-hybridized carbons (Fsp3) is 0.632. The zero-order valence-electron chi connectivity index (χ0n) is 15.7. The molecule has 1 aromatic carbocycles. The van der Waals surface area contributed by atoms with E-state index in [-0.39, 0.29) is 24.2 Å². The first-order chi connectivity index (χ1) is 12.5. The molecule has 8 heteroatoms. The van der Waals surface area contributed by atoms with E-state index >= 15 is 0 Å². The van der Waals surface area contributed by atoms with Crippen LogP contribution >= 0.6 is 12.4 Å². The van der Waals surface area contributed by atoms with Crippen molar-refractivity contribution in [3.63, 3.8) is 0 Å². The van der Waals surface area contributed by atoms with E-state index in [2.05, 4.69) is 5.32 Å². The van der Waals surface area contributed by atoms with Crippen LogP contribution in [0.1, 0.15) is 43.2 Å². The number of piperidine rings is 1. The third-order valence-corrected chi connectivity index (χ3v) is 7.36. The molecule has 0 radical (unpaired) electrons. The quantitative estimate of drug-likeness (QED) is 0.664. The lowest BCUT2D eigenvalue weighted by atomic mass is 9.97. The predicted molar refractivity (Wildman–Crippen MR) is 108 cm³/mol. The van der Waals surface area contributed by atoms with Crippen LogP contribution in [-0.4, -0.2) is 44.8 Å². The van der Waals surface area contributed by atoms with Crippen molar-refractivity contribution in [3.8, 4) is 0 Å². The normalized spacial score (nSPS) is 18.0. The third-order valence-electron chi connectivity index (χ3n) is 5.46. The van der Waals surface area contributed by atoms with Crippen molar-refractivity contribution in [1.82, 2.24) is 9.62 Å². The summed E-state index contributed by atoms with van der Waals surface area (Å²) in [5.74, 6) is -0.0593. The molecule has 1 heterocycles. The van der Waals surface area contributed by atoms with Crippen LogP contribution in [0.15, 0.2) is 23.1 Å². The number of fused-ring (bicyclic) bond motifs is 1. The minimum absolute atomic E-state index is 0. The van der Waals surface area contributed by atoms with Gasteiger partial charge in [0.05, 0.1) is 4.90 Å². The van der Waals surface area contributed by atoms with E-state index in [1.807, 2.05) is 12.1 Å².